The Morgan fingerprint density at radius 2 is 2.00 bits per heavy atom. The number of fused-ring (bicyclic) bond motifs is 1. The molecule has 1 atom stereocenters. The van der Waals surface area contributed by atoms with Gasteiger partial charge in [0, 0.05) is 18.3 Å². The number of nitrogens with one attached hydrogen (secondary N) is 1. The lowest BCUT2D eigenvalue weighted by atomic mass is 9.86. The van der Waals surface area contributed by atoms with Crippen LogP contribution < -0.4 is 10.2 Å². The lowest BCUT2D eigenvalue weighted by Gasteiger charge is -2.22. The number of anilines is 1. The summed E-state index contributed by atoms with van der Waals surface area (Å²) in [6, 6.07) is 8.55. The van der Waals surface area contributed by atoms with Gasteiger partial charge in [-0.3, -0.25) is 4.79 Å². The maximum absolute atomic E-state index is 12.5. The number of hydrogen-bond donors (Lipinski definition) is 1. The van der Waals surface area contributed by atoms with E-state index in [1.165, 1.54) is 0 Å². The number of rotatable bonds is 4. The molecule has 3 heteroatoms. The highest BCUT2D eigenvalue weighted by Crippen LogP contribution is 2.41. The van der Waals surface area contributed by atoms with E-state index in [0.717, 1.165) is 24.2 Å². The van der Waals surface area contributed by atoms with Gasteiger partial charge in [-0.25, -0.2) is 0 Å². The quantitative estimate of drug-likeness (QED) is 0.884. The monoisotopic (exact) mass is 246 g/mol. The SMILES string of the molecule is CNC(C)CCN1C(=O)C(C)(C)c2ccccc21. The molecular weight excluding hydrogens is 224 g/mol. The van der Waals surface area contributed by atoms with Gasteiger partial charge in [-0.2, -0.15) is 0 Å². The fourth-order valence-corrected chi connectivity index (χ4v) is 2.49. The first-order valence-corrected chi connectivity index (χ1v) is 6.57. The summed E-state index contributed by atoms with van der Waals surface area (Å²) >= 11 is 0. The van der Waals surface area contributed by atoms with Crippen LogP contribution in [-0.4, -0.2) is 25.5 Å². The lowest BCUT2D eigenvalue weighted by Crippen LogP contribution is -2.38. The Morgan fingerprint density at radius 1 is 1.33 bits per heavy atom. The zero-order valence-electron chi connectivity index (χ0n) is 11.7. The highest BCUT2D eigenvalue weighted by molar-refractivity contribution is 6.07. The number of carbonyl (C=O) groups excluding carboxylic acids is 1. The fourth-order valence-electron chi connectivity index (χ4n) is 2.49. The van der Waals surface area contributed by atoms with E-state index in [4.69, 9.17) is 0 Å². The van der Waals surface area contributed by atoms with Gasteiger partial charge in [-0.15, -0.1) is 0 Å². The molecule has 2 rings (SSSR count). The summed E-state index contributed by atoms with van der Waals surface area (Å²) < 4.78 is 0. The van der Waals surface area contributed by atoms with Crippen molar-refractivity contribution in [3.05, 3.63) is 29.8 Å². The molecule has 0 bridgehead atoms. The number of carbonyl (C=O) groups is 1. The lowest BCUT2D eigenvalue weighted by molar-refractivity contribution is -0.122. The summed E-state index contributed by atoms with van der Waals surface area (Å²) in [4.78, 5) is 14.4. The molecule has 1 heterocycles. The van der Waals surface area contributed by atoms with Gasteiger partial charge in [0.1, 0.15) is 0 Å². The smallest absolute Gasteiger partial charge is 0.237 e. The largest absolute Gasteiger partial charge is 0.317 e. The van der Waals surface area contributed by atoms with Gasteiger partial charge in [-0.05, 0) is 45.9 Å². The van der Waals surface area contributed by atoms with Gasteiger partial charge in [0.05, 0.1) is 5.41 Å². The van der Waals surface area contributed by atoms with Crippen molar-refractivity contribution in [1.82, 2.24) is 5.32 Å². The third-order valence-electron chi connectivity index (χ3n) is 3.93. The third kappa shape index (κ3) is 2.03. The Labute approximate surface area is 109 Å². The molecule has 1 N–H and O–H groups in total. The molecule has 0 saturated carbocycles. The van der Waals surface area contributed by atoms with E-state index in [1.54, 1.807) is 0 Å². The highest BCUT2D eigenvalue weighted by atomic mass is 16.2. The van der Waals surface area contributed by atoms with E-state index < -0.39 is 0 Å². The third-order valence-corrected chi connectivity index (χ3v) is 3.93. The number of para-hydroxylation sites is 1. The zero-order chi connectivity index (χ0) is 13.3. The topological polar surface area (TPSA) is 32.3 Å². The molecule has 1 aromatic rings. The van der Waals surface area contributed by atoms with Crippen LogP contribution >= 0.6 is 0 Å². The van der Waals surface area contributed by atoms with Gasteiger partial charge in [0.2, 0.25) is 5.91 Å². The van der Waals surface area contributed by atoms with E-state index in [9.17, 15) is 4.79 Å². The Hall–Kier alpha value is -1.35. The molecule has 0 radical (unpaired) electrons. The normalized spacial score (nSPS) is 18.9. The van der Waals surface area contributed by atoms with Crippen molar-refractivity contribution in [3.8, 4) is 0 Å². The molecule has 1 aliphatic rings. The van der Waals surface area contributed by atoms with Crippen LogP contribution in [0.1, 0.15) is 32.8 Å². The van der Waals surface area contributed by atoms with Crippen molar-refractivity contribution in [2.24, 2.45) is 0 Å². The molecule has 1 aliphatic heterocycles. The van der Waals surface area contributed by atoms with Crippen LogP contribution in [0.5, 0.6) is 0 Å². The first-order valence-electron chi connectivity index (χ1n) is 6.57. The number of nitrogens with zero attached hydrogens (tertiary/aromatic N) is 1. The number of amides is 1. The van der Waals surface area contributed by atoms with Gasteiger partial charge in [0.15, 0.2) is 0 Å². The molecule has 98 valence electrons. The van der Waals surface area contributed by atoms with Crippen molar-refractivity contribution in [1.29, 1.82) is 0 Å². The molecule has 0 spiro atoms. The summed E-state index contributed by atoms with van der Waals surface area (Å²) in [6.45, 7) is 6.93. The van der Waals surface area contributed by atoms with Crippen molar-refractivity contribution >= 4 is 11.6 Å². The minimum absolute atomic E-state index is 0.215. The molecule has 1 amide bonds. The predicted octanol–water partition coefficient (Wildman–Crippen LogP) is 2.31. The van der Waals surface area contributed by atoms with Crippen LogP contribution in [0, 0.1) is 0 Å². The van der Waals surface area contributed by atoms with Crippen molar-refractivity contribution in [3.63, 3.8) is 0 Å². The van der Waals surface area contributed by atoms with Crippen LogP contribution in [0.15, 0.2) is 24.3 Å². The van der Waals surface area contributed by atoms with Crippen LogP contribution in [0.3, 0.4) is 0 Å². The summed E-state index contributed by atoms with van der Waals surface area (Å²) in [7, 11) is 1.95. The van der Waals surface area contributed by atoms with E-state index >= 15 is 0 Å². The van der Waals surface area contributed by atoms with Crippen LogP contribution in [0.2, 0.25) is 0 Å². The maximum atomic E-state index is 12.5. The minimum atomic E-state index is -0.389. The average molecular weight is 246 g/mol. The zero-order valence-corrected chi connectivity index (χ0v) is 11.7. The van der Waals surface area contributed by atoms with E-state index in [1.807, 2.05) is 44.0 Å². The summed E-state index contributed by atoms with van der Waals surface area (Å²) in [5.74, 6) is 0.215. The molecule has 3 nitrogen and oxygen atoms in total. The van der Waals surface area contributed by atoms with Crippen LogP contribution in [-0.2, 0) is 10.2 Å². The van der Waals surface area contributed by atoms with E-state index in [2.05, 4.69) is 18.3 Å². The summed E-state index contributed by atoms with van der Waals surface area (Å²) in [5.41, 5.74) is 1.84. The molecule has 0 aromatic heterocycles. The maximum Gasteiger partial charge on any atom is 0.237 e. The molecule has 0 aliphatic carbocycles. The highest BCUT2D eigenvalue weighted by Gasteiger charge is 2.43. The second kappa shape index (κ2) is 4.73. The van der Waals surface area contributed by atoms with E-state index in [-0.39, 0.29) is 11.3 Å². The number of benzene rings is 1. The van der Waals surface area contributed by atoms with E-state index in [0.29, 0.717) is 6.04 Å². The van der Waals surface area contributed by atoms with Crippen molar-refractivity contribution in [2.45, 2.75) is 38.6 Å². The molecular formula is C15H22N2O. The standard InChI is InChI=1S/C15H22N2O/c1-11(16-4)9-10-17-13-8-6-5-7-12(13)15(2,3)14(17)18/h5-8,11,16H,9-10H2,1-4H3. The van der Waals surface area contributed by atoms with Crippen LogP contribution in [0.4, 0.5) is 5.69 Å². The molecule has 0 fully saturated rings. The van der Waals surface area contributed by atoms with Gasteiger partial charge in [-0.1, -0.05) is 18.2 Å². The van der Waals surface area contributed by atoms with Gasteiger partial charge in [0.25, 0.3) is 0 Å². The van der Waals surface area contributed by atoms with Gasteiger partial charge >= 0.3 is 0 Å². The average Bonchev–Trinajstić information content (AvgIpc) is 2.56. The number of hydrogen-bond acceptors (Lipinski definition) is 2. The second-order valence-electron chi connectivity index (χ2n) is 5.58. The Morgan fingerprint density at radius 3 is 2.67 bits per heavy atom. The summed E-state index contributed by atoms with van der Waals surface area (Å²) in [5, 5.41) is 3.21. The first kappa shape index (κ1) is 13.1. The van der Waals surface area contributed by atoms with Crippen molar-refractivity contribution in [2.75, 3.05) is 18.5 Å². The summed E-state index contributed by atoms with van der Waals surface area (Å²) in [6.07, 6.45) is 0.965. The second-order valence-corrected chi connectivity index (χ2v) is 5.58. The van der Waals surface area contributed by atoms with Crippen LogP contribution in [0.25, 0.3) is 0 Å². The Kier molecular flexibility index (Phi) is 3.44. The molecule has 18 heavy (non-hydrogen) atoms. The molecule has 0 saturated heterocycles. The van der Waals surface area contributed by atoms with Gasteiger partial charge < -0.3 is 10.2 Å². The molecule has 1 unspecified atom stereocenters. The minimum Gasteiger partial charge on any atom is -0.317 e. The Balaban J connectivity index is 2.25. The van der Waals surface area contributed by atoms with Crippen molar-refractivity contribution < 1.29 is 4.79 Å². The first-order chi connectivity index (χ1) is 8.48. The Bertz CT molecular complexity index is 454. The molecule has 1 aromatic carbocycles. The predicted molar refractivity (Wildman–Crippen MR) is 75.0 cm³/mol. The fraction of sp³-hybridized carbons (Fsp3) is 0.533.